The van der Waals surface area contributed by atoms with Crippen molar-refractivity contribution in [3.63, 3.8) is 0 Å². The molecule has 3 rings (SSSR count). The summed E-state index contributed by atoms with van der Waals surface area (Å²) in [6.07, 6.45) is 2.00. The van der Waals surface area contributed by atoms with Gasteiger partial charge in [0.1, 0.15) is 17.2 Å². The van der Waals surface area contributed by atoms with Crippen LogP contribution in [-0.2, 0) is 6.42 Å². The van der Waals surface area contributed by atoms with Crippen LogP contribution in [0.5, 0.6) is 0 Å². The number of hydrogen-bond donors (Lipinski definition) is 1. The van der Waals surface area contributed by atoms with E-state index >= 15 is 0 Å². The first kappa shape index (κ1) is 16.2. The lowest BCUT2D eigenvalue weighted by atomic mass is 9.99. The highest BCUT2D eigenvalue weighted by Gasteiger charge is 2.22. The molecule has 0 saturated carbocycles. The SMILES string of the molecule is CCCc1cc2oc(-c3ccc(F)cc3)c(C(=O)NC)c2cc1C. The van der Waals surface area contributed by atoms with E-state index in [9.17, 15) is 9.18 Å². The summed E-state index contributed by atoms with van der Waals surface area (Å²) in [6.45, 7) is 4.17. The molecule has 0 bridgehead atoms. The van der Waals surface area contributed by atoms with Gasteiger partial charge >= 0.3 is 0 Å². The predicted octanol–water partition coefficient (Wildman–Crippen LogP) is 4.86. The molecule has 0 saturated heterocycles. The number of carbonyl (C=O) groups excluding carboxylic acids is 1. The Morgan fingerprint density at radius 3 is 2.54 bits per heavy atom. The number of fused-ring (bicyclic) bond motifs is 1. The Balaban J connectivity index is 2.27. The lowest BCUT2D eigenvalue weighted by Gasteiger charge is -2.05. The van der Waals surface area contributed by atoms with Crippen molar-refractivity contribution in [2.45, 2.75) is 26.7 Å². The van der Waals surface area contributed by atoms with Gasteiger partial charge in [-0.3, -0.25) is 4.79 Å². The van der Waals surface area contributed by atoms with Gasteiger partial charge in [-0.15, -0.1) is 0 Å². The molecular formula is C20H20FNO2. The van der Waals surface area contributed by atoms with Gasteiger partial charge in [-0.05, 0) is 60.9 Å². The smallest absolute Gasteiger partial charge is 0.255 e. The first-order valence-corrected chi connectivity index (χ1v) is 8.09. The lowest BCUT2D eigenvalue weighted by molar-refractivity contribution is 0.0964. The van der Waals surface area contributed by atoms with E-state index in [4.69, 9.17) is 4.42 Å². The highest BCUT2D eigenvalue weighted by molar-refractivity contribution is 6.11. The van der Waals surface area contributed by atoms with Gasteiger partial charge in [0.15, 0.2) is 0 Å². The monoisotopic (exact) mass is 325 g/mol. The minimum atomic E-state index is -0.322. The van der Waals surface area contributed by atoms with Crippen molar-refractivity contribution in [2.24, 2.45) is 0 Å². The Morgan fingerprint density at radius 1 is 1.21 bits per heavy atom. The summed E-state index contributed by atoms with van der Waals surface area (Å²) >= 11 is 0. The summed E-state index contributed by atoms with van der Waals surface area (Å²) in [7, 11) is 1.59. The minimum Gasteiger partial charge on any atom is -0.455 e. The highest BCUT2D eigenvalue weighted by Crippen LogP contribution is 2.35. The van der Waals surface area contributed by atoms with Gasteiger partial charge in [-0.25, -0.2) is 4.39 Å². The lowest BCUT2D eigenvalue weighted by Crippen LogP contribution is -2.18. The molecule has 0 atom stereocenters. The summed E-state index contributed by atoms with van der Waals surface area (Å²) in [6, 6.07) is 9.99. The van der Waals surface area contributed by atoms with Gasteiger partial charge in [-0.2, -0.15) is 0 Å². The van der Waals surface area contributed by atoms with Gasteiger partial charge in [0.05, 0.1) is 5.56 Å². The van der Waals surface area contributed by atoms with E-state index in [-0.39, 0.29) is 11.7 Å². The quantitative estimate of drug-likeness (QED) is 0.744. The maximum Gasteiger partial charge on any atom is 0.255 e. The fraction of sp³-hybridized carbons (Fsp3) is 0.250. The number of rotatable bonds is 4. The van der Waals surface area contributed by atoms with E-state index in [1.165, 1.54) is 17.7 Å². The van der Waals surface area contributed by atoms with E-state index < -0.39 is 0 Å². The largest absolute Gasteiger partial charge is 0.455 e. The third-order valence-electron chi connectivity index (χ3n) is 4.23. The third-order valence-corrected chi connectivity index (χ3v) is 4.23. The number of amides is 1. The van der Waals surface area contributed by atoms with Crippen molar-refractivity contribution < 1.29 is 13.6 Å². The van der Waals surface area contributed by atoms with Gasteiger partial charge in [-0.1, -0.05) is 13.3 Å². The third kappa shape index (κ3) is 2.80. The first-order chi connectivity index (χ1) is 11.5. The summed E-state index contributed by atoms with van der Waals surface area (Å²) in [5, 5.41) is 3.45. The highest BCUT2D eigenvalue weighted by atomic mass is 19.1. The normalized spacial score (nSPS) is 11.0. The zero-order chi connectivity index (χ0) is 17.3. The summed E-state index contributed by atoms with van der Waals surface area (Å²) in [5.74, 6) is -0.0643. The van der Waals surface area contributed by atoms with Crippen molar-refractivity contribution in [3.05, 3.63) is 58.9 Å². The first-order valence-electron chi connectivity index (χ1n) is 8.09. The predicted molar refractivity (Wildman–Crippen MR) is 93.7 cm³/mol. The molecule has 0 aliphatic carbocycles. The van der Waals surface area contributed by atoms with Crippen molar-refractivity contribution >= 4 is 16.9 Å². The Kier molecular flexibility index (Phi) is 4.38. The van der Waals surface area contributed by atoms with Crippen LogP contribution in [0, 0.1) is 12.7 Å². The number of aryl methyl sites for hydroxylation is 2. The van der Waals surface area contributed by atoms with Crippen LogP contribution in [0.2, 0.25) is 0 Å². The molecule has 0 spiro atoms. The Hall–Kier alpha value is -2.62. The Morgan fingerprint density at radius 2 is 1.92 bits per heavy atom. The molecule has 2 aromatic carbocycles. The molecule has 1 aromatic heterocycles. The number of furan rings is 1. The fourth-order valence-electron chi connectivity index (χ4n) is 2.99. The Bertz CT molecular complexity index is 894. The van der Waals surface area contributed by atoms with E-state index in [1.54, 1.807) is 19.2 Å². The van der Waals surface area contributed by atoms with Crippen LogP contribution < -0.4 is 5.32 Å². The second-order valence-electron chi connectivity index (χ2n) is 5.92. The summed E-state index contributed by atoms with van der Waals surface area (Å²) in [5.41, 5.74) is 4.21. The molecule has 1 amide bonds. The average Bonchev–Trinajstić information content (AvgIpc) is 2.93. The number of hydrogen-bond acceptors (Lipinski definition) is 2. The molecule has 1 N–H and O–H groups in total. The van der Waals surface area contributed by atoms with Crippen LogP contribution >= 0.6 is 0 Å². The van der Waals surface area contributed by atoms with E-state index in [0.717, 1.165) is 23.8 Å². The van der Waals surface area contributed by atoms with Gasteiger partial charge in [0, 0.05) is 18.0 Å². The maximum absolute atomic E-state index is 13.2. The molecule has 0 fully saturated rings. The topological polar surface area (TPSA) is 42.2 Å². The zero-order valence-corrected chi connectivity index (χ0v) is 14.1. The van der Waals surface area contributed by atoms with Gasteiger partial charge < -0.3 is 9.73 Å². The second kappa shape index (κ2) is 6.48. The minimum absolute atomic E-state index is 0.212. The van der Waals surface area contributed by atoms with Crippen molar-refractivity contribution in [2.75, 3.05) is 7.05 Å². The number of benzene rings is 2. The fourth-order valence-corrected chi connectivity index (χ4v) is 2.99. The van der Waals surface area contributed by atoms with Crippen LogP contribution in [0.25, 0.3) is 22.3 Å². The molecule has 0 unspecified atom stereocenters. The number of halogens is 1. The van der Waals surface area contributed by atoms with E-state index in [0.29, 0.717) is 22.5 Å². The maximum atomic E-state index is 13.2. The van der Waals surface area contributed by atoms with E-state index in [1.807, 2.05) is 19.1 Å². The summed E-state index contributed by atoms with van der Waals surface area (Å²) in [4.78, 5) is 12.4. The molecule has 3 aromatic rings. The van der Waals surface area contributed by atoms with Crippen molar-refractivity contribution in [1.29, 1.82) is 0 Å². The van der Waals surface area contributed by atoms with Gasteiger partial charge in [0.25, 0.3) is 5.91 Å². The standard InChI is InChI=1S/C20H20FNO2/c1-4-5-14-11-17-16(10-12(14)2)18(20(23)22-3)19(24-17)13-6-8-15(21)9-7-13/h6-11H,4-5H2,1-3H3,(H,22,23). The van der Waals surface area contributed by atoms with Crippen LogP contribution in [0.4, 0.5) is 4.39 Å². The molecule has 0 aliphatic rings. The molecule has 0 aliphatic heterocycles. The Labute approximate surface area is 140 Å². The van der Waals surface area contributed by atoms with Gasteiger partial charge in [0.2, 0.25) is 0 Å². The molecule has 1 heterocycles. The van der Waals surface area contributed by atoms with Crippen molar-refractivity contribution in [3.8, 4) is 11.3 Å². The molecular weight excluding hydrogens is 305 g/mol. The molecule has 4 heteroatoms. The van der Waals surface area contributed by atoms with Crippen LogP contribution in [-0.4, -0.2) is 13.0 Å². The summed E-state index contributed by atoms with van der Waals surface area (Å²) < 4.78 is 19.2. The number of carbonyl (C=O) groups is 1. The van der Waals surface area contributed by atoms with E-state index in [2.05, 4.69) is 12.2 Å². The second-order valence-corrected chi connectivity index (χ2v) is 5.92. The molecule has 0 radical (unpaired) electrons. The van der Waals surface area contributed by atoms with Crippen LogP contribution in [0.3, 0.4) is 0 Å². The average molecular weight is 325 g/mol. The zero-order valence-electron chi connectivity index (χ0n) is 14.1. The molecule has 24 heavy (non-hydrogen) atoms. The number of nitrogens with one attached hydrogen (secondary N) is 1. The van der Waals surface area contributed by atoms with Crippen molar-refractivity contribution in [1.82, 2.24) is 5.32 Å². The molecule has 3 nitrogen and oxygen atoms in total. The van der Waals surface area contributed by atoms with Crippen LogP contribution in [0.15, 0.2) is 40.8 Å². The molecule has 124 valence electrons. The van der Waals surface area contributed by atoms with Crippen LogP contribution in [0.1, 0.15) is 34.8 Å².